The predicted octanol–water partition coefficient (Wildman–Crippen LogP) is 8.18. The molecule has 2 heterocycles. The van der Waals surface area contributed by atoms with E-state index in [-0.39, 0.29) is 18.8 Å². The fourth-order valence-electron chi connectivity index (χ4n) is 8.09. The second kappa shape index (κ2) is 11.7. The third-order valence-electron chi connectivity index (χ3n) is 10.2. The maximum Gasteiger partial charge on any atom is 0.324 e. The number of allylic oxidation sites excluding steroid dienone is 1. The molecular formula is C42H35NO6. The number of carbonyl (C=O) groups is 2. The van der Waals surface area contributed by atoms with Gasteiger partial charge in [0.1, 0.15) is 17.3 Å². The minimum atomic E-state index is -1.66. The Morgan fingerprint density at radius 3 is 1.98 bits per heavy atom. The monoisotopic (exact) mass is 649 g/mol. The molecule has 8 rings (SSSR count). The smallest absolute Gasteiger partial charge is 0.324 e. The number of nitrogens with zero attached hydrogens (tertiary/aromatic N) is 1. The second-order valence-corrected chi connectivity index (χ2v) is 12.7. The summed E-state index contributed by atoms with van der Waals surface area (Å²) in [5.41, 5.74) is 8.06. The van der Waals surface area contributed by atoms with E-state index in [0.717, 1.165) is 66.9 Å². The number of aryl methyl sites for hydroxylation is 1. The lowest BCUT2D eigenvalue weighted by Gasteiger charge is -2.33. The first-order valence-electron chi connectivity index (χ1n) is 16.3. The van der Waals surface area contributed by atoms with Gasteiger partial charge in [-0.15, -0.1) is 0 Å². The van der Waals surface area contributed by atoms with Gasteiger partial charge in [-0.25, -0.2) is 0 Å². The molecule has 2 aliphatic rings. The summed E-state index contributed by atoms with van der Waals surface area (Å²) >= 11 is 0. The Labute approximate surface area is 284 Å². The first-order valence-corrected chi connectivity index (χ1v) is 16.3. The van der Waals surface area contributed by atoms with Gasteiger partial charge in [-0.3, -0.25) is 9.59 Å². The van der Waals surface area contributed by atoms with E-state index < -0.39 is 17.4 Å². The fourth-order valence-corrected chi connectivity index (χ4v) is 8.09. The van der Waals surface area contributed by atoms with Crippen LogP contribution in [-0.2, 0) is 32.5 Å². The van der Waals surface area contributed by atoms with Gasteiger partial charge in [0.15, 0.2) is 5.41 Å². The van der Waals surface area contributed by atoms with E-state index in [4.69, 9.17) is 18.6 Å². The van der Waals surface area contributed by atoms with Crippen LogP contribution in [0, 0.1) is 5.41 Å². The van der Waals surface area contributed by atoms with Crippen molar-refractivity contribution in [3.8, 4) is 17.1 Å². The summed E-state index contributed by atoms with van der Waals surface area (Å²) in [6.07, 6.45) is 0.0651. The van der Waals surface area contributed by atoms with Crippen LogP contribution in [0.2, 0.25) is 0 Å². The molecule has 244 valence electrons. The van der Waals surface area contributed by atoms with Crippen molar-refractivity contribution in [2.75, 3.05) is 21.3 Å². The average molecular weight is 650 g/mol. The third-order valence-corrected chi connectivity index (χ3v) is 10.2. The van der Waals surface area contributed by atoms with Gasteiger partial charge in [-0.2, -0.15) is 0 Å². The summed E-state index contributed by atoms with van der Waals surface area (Å²) in [6.45, 7) is 0. The molecule has 0 spiro atoms. The lowest BCUT2D eigenvalue weighted by Crippen LogP contribution is -2.45. The highest BCUT2D eigenvalue weighted by molar-refractivity contribution is 6.11. The lowest BCUT2D eigenvalue weighted by atomic mass is 9.68. The highest BCUT2D eigenvalue weighted by atomic mass is 16.5. The molecule has 1 unspecified atom stereocenters. The standard InChI is InChI=1S/C42H35NO6/c1-43-31-21-20-28(46-2)22-29(31)36-34(26-16-10-6-11-17-26)37-35-30(33(38(36)43)25-14-8-5-9-15-25)23-42(40(44)47-3,41(45)48-4)24-32(35)49-39(37)27-18-12-7-13-19-27/h5-22,34H,23-24H2,1-4H3. The number of methoxy groups -OCH3 is 3. The average Bonchev–Trinajstić information content (AvgIpc) is 3.62. The SMILES string of the molecule is COC(=O)C1(C(=O)OC)CC2=C(c3ccccc3)c3c(c4cc(OC)ccc4n3C)C(c3ccccc3)c3c(-c4ccccc4)oc(c32)C1. The van der Waals surface area contributed by atoms with E-state index in [1.54, 1.807) is 7.11 Å². The lowest BCUT2D eigenvalue weighted by molar-refractivity contribution is -0.169. The number of ether oxygens (including phenoxy) is 3. The summed E-state index contributed by atoms with van der Waals surface area (Å²) in [4.78, 5) is 27.7. The quantitative estimate of drug-likeness (QED) is 0.134. The summed E-state index contributed by atoms with van der Waals surface area (Å²) in [5.74, 6) is 0.399. The number of esters is 2. The Balaban J connectivity index is 1.63. The second-order valence-electron chi connectivity index (χ2n) is 12.7. The number of hydrogen-bond donors (Lipinski definition) is 0. The summed E-state index contributed by atoms with van der Waals surface area (Å²) < 4.78 is 25.7. The van der Waals surface area contributed by atoms with Crippen LogP contribution < -0.4 is 4.74 Å². The minimum Gasteiger partial charge on any atom is -0.497 e. The van der Waals surface area contributed by atoms with Crippen molar-refractivity contribution in [3.05, 3.63) is 148 Å². The molecular weight excluding hydrogens is 614 g/mol. The van der Waals surface area contributed by atoms with Crippen molar-refractivity contribution in [3.63, 3.8) is 0 Å². The number of hydrogen-bond acceptors (Lipinski definition) is 6. The highest BCUT2D eigenvalue weighted by Crippen LogP contribution is 2.59. The summed E-state index contributed by atoms with van der Waals surface area (Å²) in [7, 11) is 6.38. The number of fused-ring (bicyclic) bond motifs is 3. The largest absolute Gasteiger partial charge is 0.497 e. The first kappa shape index (κ1) is 30.5. The molecule has 1 atom stereocenters. The van der Waals surface area contributed by atoms with Crippen LogP contribution in [0.15, 0.2) is 114 Å². The van der Waals surface area contributed by atoms with Crippen molar-refractivity contribution in [1.29, 1.82) is 0 Å². The Hall–Kier alpha value is -5.82. The molecule has 7 nitrogen and oxygen atoms in total. The van der Waals surface area contributed by atoms with Crippen LogP contribution >= 0.6 is 0 Å². The van der Waals surface area contributed by atoms with Crippen molar-refractivity contribution >= 4 is 34.0 Å². The van der Waals surface area contributed by atoms with Crippen LogP contribution in [0.5, 0.6) is 5.75 Å². The van der Waals surface area contributed by atoms with Gasteiger partial charge < -0.3 is 23.2 Å². The van der Waals surface area contributed by atoms with Gasteiger partial charge in [0.2, 0.25) is 0 Å². The zero-order chi connectivity index (χ0) is 33.9. The van der Waals surface area contributed by atoms with E-state index in [1.807, 2.05) is 60.7 Å². The van der Waals surface area contributed by atoms with Gasteiger partial charge in [0, 0.05) is 59.0 Å². The zero-order valence-corrected chi connectivity index (χ0v) is 27.8. The van der Waals surface area contributed by atoms with Gasteiger partial charge >= 0.3 is 11.9 Å². The van der Waals surface area contributed by atoms with Crippen LogP contribution in [0.3, 0.4) is 0 Å². The van der Waals surface area contributed by atoms with Gasteiger partial charge in [0.25, 0.3) is 0 Å². The zero-order valence-electron chi connectivity index (χ0n) is 27.8. The van der Waals surface area contributed by atoms with E-state index in [1.165, 1.54) is 14.2 Å². The van der Waals surface area contributed by atoms with Crippen molar-refractivity contribution in [2.45, 2.75) is 18.8 Å². The molecule has 0 aliphatic heterocycles. The van der Waals surface area contributed by atoms with Gasteiger partial charge in [0.05, 0.1) is 27.0 Å². The number of benzene rings is 4. The van der Waals surface area contributed by atoms with E-state index in [2.05, 4.69) is 60.1 Å². The van der Waals surface area contributed by atoms with E-state index in [9.17, 15) is 9.59 Å². The molecule has 0 radical (unpaired) electrons. The normalized spacial score (nSPS) is 16.0. The molecule has 0 saturated carbocycles. The van der Waals surface area contributed by atoms with E-state index >= 15 is 0 Å². The van der Waals surface area contributed by atoms with E-state index in [0.29, 0.717) is 11.5 Å². The van der Waals surface area contributed by atoms with Crippen LogP contribution in [0.25, 0.3) is 33.4 Å². The Morgan fingerprint density at radius 2 is 1.37 bits per heavy atom. The first-order chi connectivity index (χ1) is 23.9. The Bertz CT molecular complexity index is 2260. The number of aromatic nitrogens is 1. The van der Waals surface area contributed by atoms with Crippen molar-refractivity contribution in [2.24, 2.45) is 12.5 Å². The molecule has 2 aliphatic carbocycles. The van der Waals surface area contributed by atoms with Crippen LogP contribution in [-0.4, -0.2) is 37.8 Å². The Morgan fingerprint density at radius 1 is 0.755 bits per heavy atom. The summed E-state index contributed by atoms with van der Waals surface area (Å²) in [6, 6.07) is 36.8. The molecule has 7 heteroatoms. The third kappa shape index (κ3) is 4.49. The number of carbonyl (C=O) groups excluding carboxylic acids is 2. The Kier molecular flexibility index (Phi) is 7.29. The molecule has 49 heavy (non-hydrogen) atoms. The molecule has 0 N–H and O–H groups in total. The topological polar surface area (TPSA) is 79.9 Å². The summed E-state index contributed by atoms with van der Waals surface area (Å²) in [5, 5.41) is 1.04. The molecule has 0 bridgehead atoms. The van der Waals surface area contributed by atoms with Crippen LogP contribution in [0.1, 0.15) is 51.6 Å². The molecule has 0 fully saturated rings. The highest BCUT2D eigenvalue weighted by Gasteiger charge is 2.56. The molecule has 4 aromatic carbocycles. The maximum atomic E-state index is 13.9. The predicted molar refractivity (Wildman–Crippen MR) is 188 cm³/mol. The molecule has 2 aromatic heterocycles. The van der Waals surface area contributed by atoms with Crippen molar-refractivity contribution in [1.82, 2.24) is 4.57 Å². The van der Waals surface area contributed by atoms with Crippen molar-refractivity contribution < 1.29 is 28.2 Å². The minimum absolute atomic E-state index is 0.000487. The number of furan rings is 1. The number of rotatable bonds is 6. The van der Waals surface area contributed by atoms with Gasteiger partial charge in [-0.1, -0.05) is 91.0 Å². The fraction of sp³-hybridized carbons (Fsp3) is 0.190. The molecule has 6 aromatic rings. The van der Waals surface area contributed by atoms with Crippen LogP contribution in [0.4, 0.5) is 0 Å². The molecule has 0 amide bonds. The maximum absolute atomic E-state index is 13.9. The molecule has 0 saturated heterocycles. The van der Waals surface area contributed by atoms with Gasteiger partial charge in [-0.05, 0) is 40.5 Å².